The molecule has 1 aliphatic heterocycles. The number of nitriles is 1. The third-order valence-corrected chi connectivity index (χ3v) is 5.73. The second kappa shape index (κ2) is 10.6. The number of hydrogen-bond acceptors (Lipinski definition) is 3. The Bertz CT molecular complexity index is 1240. The van der Waals surface area contributed by atoms with Crippen LogP contribution < -0.4 is 4.90 Å². The van der Waals surface area contributed by atoms with E-state index in [0.717, 1.165) is 29.8 Å². The topological polar surface area (TPSA) is 64.4 Å². The number of nitrogens with zero attached hydrogens (tertiary/aromatic N) is 3. The Balaban J connectivity index is 1.49. The first kappa shape index (κ1) is 22.9. The predicted octanol–water partition coefficient (Wildman–Crippen LogP) is 5.07. The number of benzene rings is 3. The molecule has 0 aliphatic carbocycles. The molecule has 5 nitrogen and oxygen atoms in total. The first-order chi connectivity index (χ1) is 16.5. The molecule has 3 aromatic rings. The number of anilines is 1. The fourth-order valence-corrected chi connectivity index (χ4v) is 3.93. The van der Waals surface area contributed by atoms with Crippen LogP contribution in [-0.4, -0.2) is 23.3 Å². The number of amides is 2. The molecule has 4 rings (SSSR count). The summed E-state index contributed by atoms with van der Waals surface area (Å²) >= 11 is 0. The molecule has 0 atom stereocenters. The number of hydrogen-bond donors (Lipinski definition) is 0. The molecular formula is C28H24FN3O2. The van der Waals surface area contributed by atoms with Gasteiger partial charge in [0.1, 0.15) is 5.82 Å². The molecule has 1 fully saturated rings. The number of carbonyl (C=O) groups excluding carboxylic acids is 2. The second-order valence-electron chi connectivity index (χ2n) is 8.21. The molecule has 0 saturated carbocycles. The number of halogens is 1. The van der Waals surface area contributed by atoms with Crippen LogP contribution in [0.2, 0.25) is 0 Å². The summed E-state index contributed by atoms with van der Waals surface area (Å²) in [5.41, 5.74) is 3.81. The Morgan fingerprint density at radius 2 is 1.76 bits per heavy atom. The molecule has 2 amide bonds. The van der Waals surface area contributed by atoms with Gasteiger partial charge in [-0.15, -0.1) is 0 Å². The van der Waals surface area contributed by atoms with Gasteiger partial charge in [-0.25, -0.2) is 4.39 Å². The SMILES string of the molecule is N#Cc1ccc(CN(Cc2cccc(F)c2)C(=O)C=Cc2ccc(N3CCCC3=O)cc2)cc1. The van der Waals surface area contributed by atoms with E-state index in [0.29, 0.717) is 24.1 Å². The fraction of sp³-hybridized carbons (Fsp3) is 0.179. The van der Waals surface area contributed by atoms with Gasteiger partial charge in [-0.1, -0.05) is 36.4 Å². The summed E-state index contributed by atoms with van der Waals surface area (Å²) in [6.45, 7) is 1.30. The van der Waals surface area contributed by atoms with Crippen LogP contribution in [0.15, 0.2) is 78.9 Å². The lowest BCUT2D eigenvalue weighted by molar-refractivity contribution is -0.127. The highest BCUT2D eigenvalue weighted by Crippen LogP contribution is 2.22. The van der Waals surface area contributed by atoms with E-state index in [1.807, 2.05) is 36.4 Å². The highest BCUT2D eigenvalue weighted by atomic mass is 19.1. The Morgan fingerprint density at radius 3 is 2.41 bits per heavy atom. The van der Waals surface area contributed by atoms with Crippen molar-refractivity contribution in [2.24, 2.45) is 0 Å². The molecule has 34 heavy (non-hydrogen) atoms. The Kier molecular flexibility index (Phi) is 7.14. The minimum absolute atomic E-state index is 0.134. The van der Waals surface area contributed by atoms with Gasteiger partial charge in [0.15, 0.2) is 0 Å². The molecule has 1 aliphatic rings. The highest BCUT2D eigenvalue weighted by molar-refractivity contribution is 5.95. The van der Waals surface area contributed by atoms with Gasteiger partial charge in [-0.2, -0.15) is 5.26 Å². The summed E-state index contributed by atoms with van der Waals surface area (Å²) in [6, 6.07) is 22.8. The summed E-state index contributed by atoms with van der Waals surface area (Å²) < 4.78 is 13.7. The van der Waals surface area contributed by atoms with Crippen molar-refractivity contribution in [3.05, 3.63) is 107 Å². The van der Waals surface area contributed by atoms with Gasteiger partial charge in [0.2, 0.25) is 11.8 Å². The molecule has 0 unspecified atom stereocenters. The van der Waals surface area contributed by atoms with Crippen molar-refractivity contribution in [2.45, 2.75) is 25.9 Å². The van der Waals surface area contributed by atoms with Crippen molar-refractivity contribution in [1.29, 1.82) is 5.26 Å². The zero-order valence-electron chi connectivity index (χ0n) is 18.7. The van der Waals surface area contributed by atoms with Gasteiger partial charge in [0.05, 0.1) is 11.6 Å². The molecule has 0 N–H and O–H groups in total. The predicted molar refractivity (Wildman–Crippen MR) is 129 cm³/mol. The summed E-state index contributed by atoms with van der Waals surface area (Å²) in [6.07, 6.45) is 4.68. The zero-order chi connectivity index (χ0) is 23.9. The van der Waals surface area contributed by atoms with Gasteiger partial charge in [0, 0.05) is 37.8 Å². The average Bonchev–Trinajstić information content (AvgIpc) is 3.28. The van der Waals surface area contributed by atoms with Crippen molar-refractivity contribution in [3.8, 4) is 6.07 Å². The first-order valence-corrected chi connectivity index (χ1v) is 11.1. The van der Waals surface area contributed by atoms with Gasteiger partial charge in [-0.05, 0) is 65.6 Å². The lowest BCUT2D eigenvalue weighted by Gasteiger charge is -2.22. The fourth-order valence-electron chi connectivity index (χ4n) is 3.93. The van der Waals surface area contributed by atoms with E-state index in [1.54, 1.807) is 40.1 Å². The summed E-state index contributed by atoms with van der Waals surface area (Å²) in [5, 5.41) is 9.01. The normalized spacial score (nSPS) is 13.3. The van der Waals surface area contributed by atoms with E-state index in [2.05, 4.69) is 6.07 Å². The van der Waals surface area contributed by atoms with E-state index in [1.165, 1.54) is 18.2 Å². The van der Waals surface area contributed by atoms with Crippen molar-refractivity contribution < 1.29 is 14.0 Å². The standard InChI is InChI=1S/C28H24FN3O2/c29-25-4-1-3-24(17-25)20-31(19-23-8-6-22(18-30)7-9-23)27(33)15-12-21-10-13-26(14-11-21)32-16-2-5-28(32)34/h1,3-4,6-15,17H,2,5,16,19-20H2. The van der Waals surface area contributed by atoms with Gasteiger partial charge >= 0.3 is 0 Å². The first-order valence-electron chi connectivity index (χ1n) is 11.1. The zero-order valence-corrected chi connectivity index (χ0v) is 18.7. The smallest absolute Gasteiger partial charge is 0.247 e. The van der Waals surface area contributed by atoms with E-state index in [4.69, 9.17) is 5.26 Å². The minimum Gasteiger partial charge on any atom is -0.331 e. The molecule has 0 aromatic heterocycles. The molecule has 0 bridgehead atoms. The summed E-state index contributed by atoms with van der Waals surface area (Å²) in [4.78, 5) is 28.4. The second-order valence-corrected chi connectivity index (χ2v) is 8.21. The molecular weight excluding hydrogens is 429 g/mol. The molecule has 3 aromatic carbocycles. The molecule has 6 heteroatoms. The van der Waals surface area contributed by atoms with Crippen molar-refractivity contribution in [3.63, 3.8) is 0 Å². The maximum Gasteiger partial charge on any atom is 0.247 e. The van der Waals surface area contributed by atoms with Crippen LogP contribution in [-0.2, 0) is 22.7 Å². The van der Waals surface area contributed by atoms with E-state index in [9.17, 15) is 14.0 Å². The largest absolute Gasteiger partial charge is 0.331 e. The van der Waals surface area contributed by atoms with Crippen LogP contribution in [0, 0.1) is 17.1 Å². The third-order valence-electron chi connectivity index (χ3n) is 5.73. The van der Waals surface area contributed by atoms with Gasteiger partial charge < -0.3 is 9.80 Å². The van der Waals surface area contributed by atoms with Crippen LogP contribution in [0.25, 0.3) is 6.08 Å². The lowest BCUT2D eigenvalue weighted by Crippen LogP contribution is -2.28. The average molecular weight is 454 g/mol. The van der Waals surface area contributed by atoms with E-state index >= 15 is 0 Å². The lowest BCUT2D eigenvalue weighted by atomic mass is 10.1. The summed E-state index contributed by atoms with van der Waals surface area (Å²) in [7, 11) is 0. The van der Waals surface area contributed by atoms with Gasteiger partial charge in [-0.3, -0.25) is 9.59 Å². The number of carbonyl (C=O) groups is 2. The Morgan fingerprint density at radius 1 is 1.03 bits per heavy atom. The maximum absolute atomic E-state index is 13.7. The Labute approximate surface area is 198 Å². The third kappa shape index (κ3) is 5.76. The van der Waals surface area contributed by atoms with Crippen molar-refractivity contribution in [2.75, 3.05) is 11.4 Å². The number of rotatable bonds is 7. The van der Waals surface area contributed by atoms with Crippen molar-refractivity contribution >= 4 is 23.6 Å². The molecule has 1 heterocycles. The van der Waals surface area contributed by atoms with Crippen LogP contribution in [0.4, 0.5) is 10.1 Å². The van der Waals surface area contributed by atoms with Gasteiger partial charge in [0.25, 0.3) is 0 Å². The maximum atomic E-state index is 13.7. The van der Waals surface area contributed by atoms with Crippen LogP contribution in [0.3, 0.4) is 0 Å². The molecule has 0 radical (unpaired) electrons. The summed E-state index contributed by atoms with van der Waals surface area (Å²) in [5.74, 6) is -0.433. The van der Waals surface area contributed by atoms with Crippen LogP contribution in [0.5, 0.6) is 0 Å². The monoisotopic (exact) mass is 453 g/mol. The van der Waals surface area contributed by atoms with Crippen molar-refractivity contribution in [1.82, 2.24) is 4.90 Å². The molecule has 0 spiro atoms. The Hall–Kier alpha value is -4.24. The van der Waals surface area contributed by atoms with E-state index in [-0.39, 0.29) is 24.2 Å². The molecule has 1 saturated heterocycles. The van der Waals surface area contributed by atoms with Crippen LogP contribution in [0.1, 0.15) is 35.1 Å². The van der Waals surface area contributed by atoms with Crippen LogP contribution >= 0.6 is 0 Å². The van der Waals surface area contributed by atoms with E-state index < -0.39 is 0 Å². The highest BCUT2D eigenvalue weighted by Gasteiger charge is 2.21. The quantitative estimate of drug-likeness (QED) is 0.470. The molecule has 170 valence electrons. The minimum atomic E-state index is -0.351.